The van der Waals surface area contributed by atoms with Gasteiger partial charge in [0.15, 0.2) is 0 Å². The molecule has 2 N–H and O–H groups in total. The molecule has 0 spiro atoms. The normalized spacial score (nSPS) is 20.4. The monoisotopic (exact) mass is 242 g/mol. The minimum atomic E-state index is -0.149. The molecule has 88 valence electrons. The molecule has 1 unspecified atom stereocenters. The molecule has 1 aromatic heterocycles. The predicted molar refractivity (Wildman–Crippen MR) is 62.6 cm³/mol. The zero-order valence-corrected chi connectivity index (χ0v) is 9.69. The molecule has 2 heterocycles. The molecule has 0 aliphatic carbocycles. The fourth-order valence-electron chi connectivity index (χ4n) is 1.95. The molecule has 1 atom stereocenters. The minimum Gasteiger partial charge on any atom is -0.396 e. The summed E-state index contributed by atoms with van der Waals surface area (Å²) in [5.41, 5.74) is 0.506. The molecule has 0 saturated carbocycles. The third kappa shape index (κ3) is 2.29. The number of rotatable bonds is 3. The lowest BCUT2D eigenvalue weighted by Crippen LogP contribution is -2.22. The molecule has 0 aromatic carbocycles. The van der Waals surface area contributed by atoms with Crippen molar-refractivity contribution in [3.63, 3.8) is 0 Å². The molecule has 0 bridgehead atoms. The highest BCUT2D eigenvalue weighted by Gasteiger charge is 2.23. The Balaban J connectivity index is 2.15. The number of hydrogen-bond acceptors (Lipinski definition) is 4. The summed E-state index contributed by atoms with van der Waals surface area (Å²) in [5.74, 6) is 1.15. The van der Waals surface area contributed by atoms with Crippen molar-refractivity contribution in [3.05, 3.63) is 22.8 Å². The van der Waals surface area contributed by atoms with Gasteiger partial charge in [-0.25, -0.2) is 4.98 Å². The van der Waals surface area contributed by atoms with Crippen LogP contribution in [0.4, 0.5) is 5.82 Å². The number of nitrogens with zero attached hydrogens (tertiary/aromatic N) is 2. The summed E-state index contributed by atoms with van der Waals surface area (Å²) in [6.07, 6.45) is 0.981. The molecule has 5 heteroatoms. The second-order valence-electron chi connectivity index (χ2n) is 4.04. The highest BCUT2D eigenvalue weighted by molar-refractivity contribution is 6.31. The second-order valence-corrected chi connectivity index (χ2v) is 4.45. The molecule has 1 saturated heterocycles. The Morgan fingerprint density at radius 1 is 1.44 bits per heavy atom. The lowest BCUT2D eigenvalue weighted by atomic mass is 10.1. The summed E-state index contributed by atoms with van der Waals surface area (Å²) < 4.78 is 0. The average molecular weight is 243 g/mol. The van der Waals surface area contributed by atoms with Crippen molar-refractivity contribution in [1.29, 1.82) is 0 Å². The van der Waals surface area contributed by atoms with E-state index in [1.165, 1.54) is 0 Å². The Morgan fingerprint density at radius 2 is 2.25 bits per heavy atom. The molecular formula is C11H15ClN2O2. The summed E-state index contributed by atoms with van der Waals surface area (Å²) >= 11 is 5.88. The van der Waals surface area contributed by atoms with Crippen LogP contribution in [0.2, 0.25) is 5.02 Å². The van der Waals surface area contributed by atoms with Gasteiger partial charge in [-0.1, -0.05) is 11.6 Å². The zero-order valence-electron chi connectivity index (χ0n) is 8.93. The molecule has 16 heavy (non-hydrogen) atoms. The number of anilines is 1. The SMILES string of the molecule is OCc1nc(N2CCC(CO)C2)ccc1Cl. The van der Waals surface area contributed by atoms with Crippen LogP contribution < -0.4 is 4.90 Å². The van der Waals surface area contributed by atoms with Crippen LogP contribution in [0.1, 0.15) is 12.1 Å². The number of aliphatic hydroxyl groups excluding tert-OH is 2. The Morgan fingerprint density at radius 3 is 2.88 bits per heavy atom. The molecular weight excluding hydrogens is 228 g/mol. The quantitative estimate of drug-likeness (QED) is 0.832. The third-order valence-electron chi connectivity index (χ3n) is 2.92. The van der Waals surface area contributed by atoms with E-state index in [9.17, 15) is 0 Å². The first-order valence-corrected chi connectivity index (χ1v) is 5.74. The topological polar surface area (TPSA) is 56.6 Å². The Kier molecular flexibility index (Phi) is 3.63. The molecule has 1 aromatic rings. The van der Waals surface area contributed by atoms with Gasteiger partial charge in [0.2, 0.25) is 0 Å². The maximum atomic E-state index is 9.08. The summed E-state index contributed by atoms with van der Waals surface area (Å²) in [6, 6.07) is 3.60. The first-order chi connectivity index (χ1) is 7.74. The summed E-state index contributed by atoms with van der Waals surface area (Å²) in [6.45, 7) is 1.78. The van der Waals surface area contributed by atoms with Crippen molar-refractivity contribution in [3.8, 4) is 0 Å². The predicted octanol–water partition coefficient (Wildman–Crippen LogP) is 1.05. The van der Waals surface area contributed by atoms with Gasteiger partial charge >= 0.3 is 0 Å². The van der Waals surface area contributed by atoms with E-state index in [2.05, 4.69) is 9.88 Å². The van der Waals surface area contributed by atoms with Gasteiger partial charge in [0.1, 0.15) is 5.82 Å². The largest absolute Gasteiger partial charge is 0.396 e. The first kappa shape index (κ1) is 11.6. The van der Waals surface area contributed by atoms with E-state index in [0.29, 0.717) is 16.6 Å². The average Bonchev–Trinajstić information content (AvgIpc) is 2.78. The molecule has 0 radical (unpaired) electrons. The van der Waals surface area contributed by atoms with Crippen molar-refractivity contribution in [2.75, 3.05) is 24.6 Å². The van der Waals surface area contributed by atoms with Gasteiger partial charge in [0, 0.05) is 25.6 Å². The van der Waals surface area contributed by atoms with Gasteiger partial charge in [0.25, 0.3) is 0 Å². The van der Waals surface area contributed by atoms with Gasteiger partial charge < -0.3 is 15.1 Å². The molecule has 4 nitrogen and oxygen atoms in total. The van der Waals surface area contributed by atoms with Crippen LogP contribution >= 0.6 is 11.6 Å². The van der Waals surface area contributed by atoms with Crippen LogP contribution in [0, 0.1) is 5.92 Å². The molecule has 2 rings (SSSR count). The van der Waals surface area contributed by atoms with Gasteiger partial charge in [-0.15, -0.1) is 0 Å². The van der Waals surface area contributed by atoms with Crippen LogP contribution in [0.3, 0.4) is 0 Å². The van der Waals surface area contributed by atoms with E-state index in [-0.39, 0.29) is 13.2 Å². The first-order valence-electron chi connectivity index (χ1n) is 5.36. The smallest absolute Gasteiger partial charge is 0.129 e. The van der Waals surface area contributed by atoms with Crippen molar-refractivity contribution >= 4 is 17.4 Å². The fourth-order valence-corrected chi connectivity index (χ4v) is 2.11. The fraction of sp³-hybridized carbons (Fsp3) is 0.545. The standard InChI is InChI=1S/C11H15ClN2O2/c12-9-1-2-11(13-10(9)7-16)14-4-3-8(5-14)6-15/h1-2,8,15-16H,3-7H2. The van der Waals surface area contributed by atoms with Gasteiger partial charge in [0.05, 0.1) is 17.3 Å². The van der Waals surface area contributed by atoms with E-state index in [1.54, 1.807) is 6.07 Å². The highest BCUT2D eigenvalue weighted by atomic mass is 35.5. The van der Waals surface area contributed by atoms with Crippen molar-refractivity contribution < 1.29 is 10.2 Å². The Bertz CT molecular complexity index is 373. The Labute approximate surface area is 99.5 Å². The van der Waals surface area contributed by atoms with Crippen LogP contribution in [0.5, 0.6) is 0 Å². The van der Waals surface area contributed by atoms with E-state index in [0.717, 1.165) is 25.3 Å². The van der Waals surface area contributed by atoms with Crippen LogP contribution in [-0.2, 0) is 6.61 Å². The second kappa shape index (κ2) is 4.99. The number of halogens is 1. The van der Waals surface area contributed by atoms with Crippen molar-refractivity contribution in [1.82, 2.24) is 4.98 Å². The molecule has 0 amide bonds. The van der Waals surface area contributed by atoms with Gasteiger partial charge in [-0.05, 0) is 18.6 Å². The summed E-state index contributed by atoms with van der Waals surface area (Å²) in [7, 11) is 0. The zero-order chi connectivity index (χ0) is 11.5. The third-order valence-corrected chi connectivity index (χ3v) is 3.27. The van der Waals surface area contributed by atoms with E-state index >= 15 is 0 Å². The van der Waals surface area contributed by atoms with Gasteiger partial charge in [-0.3, -0.25) is 0 Å². The maximum Gasteiger partial charge on any atom is 0.129 e. The van der Waals surface area contributed by atoms with E-state index in [1.807, 2.05) is 6.07 Å². The van der Waals surface area contributed by atoms with Crippen LogP contribution in [0.15, 0.2) is 12.1 Å². The number of hydrogen-bond donors (Lipinski definition) is 2. The summed E-state index contributed by atoms with van der Waals surface area (Å²) in [5, 5.41) is 18.6. The Hall–Kier alpha value is -0.840. The lowest BCUT2D eigenvalue weighted by molar-refractivity contribution is 0.238. The van der Waals surface area contributed by atoms with E-state index in [4.69, 9.17) is 21.8 Å². The molecule has 1 aliphatic heterocycles. The van der Waals surface area contributed by atoms with Crippen LogP contribution in [0.25, 0.3) is 0 Å². The van der Waals surface area contributed by atoms with Crippen molar-refractivity contribution in [2.45, 2.75) is 13.0 Å². The van der Waals surface area contributed by atoms with Crippen LogP contribution in [-0.4, -0.2) is 34.9 Å². The number of aromatic nitrogens is 1. The maximum absolute atomic E-state index is 9.08. The minimum absolute atomic E-state index is 0.149. The van der Waals surface area contributed by atoms with Gasteiger partial charge in [-0.2, -0.15) is 0 Å². The van der Waals surface area contributed by atoms with Crippen molar-refractivity contribution in [2.24, 2.45) is 5.92 Å². The lowest BCUT2D eigenvalue weighted by Gasteiger charge is -2.18. The number of pyridine rings is 1. The highest BCUT2D eigenvalue weighted by Crippen LogP contribution is 2.24. The number of aliphatic hydroxyl groups is 2. The van der Waals surface area contributed by atoms with E-state index < -0.39 is 0 Å². The molecule has 1 fully saturated rings. The molecule has 1 aliphatic rings. The summed E-state index contributed by atoms with van der Waals surface area (Å²) in [4.78, 5) is 6.41.